The minimum atomic E-state index is -0.970. The molecule has 0 saturated carbocycles. The van der Waals surface area contributed by atoms with Gasteiger partial charge in [0.25, 0.3) is 0 Å². The first-order valence-electron chi connectivity index (χ1n) is 4.35. The maximum atomic E-state index is 11.2. The van der Waals surface area contributed by atoms with Crippen molar-refractivity contribution < 1.29 is 14.1 Å². The molecule has 0 aromatic rings. The second kappa shape index (κ2) is 4.19. The molecule has 1 fully saturated rings. The van der Waals surface area contributed by atoms with Crippen molar-refractivity contribution in [3.63, 3.8) is 0 Å². The summed E-state index contributed by atoms with van der Waals surface area (Å²) in [6.45, 7) is 2.55. The normalized spacial score (nSPS) is 32.8. The Bertz CT molecular complexity index is 231. The number of piperidine rings is 1. The van der Waals surface area contributed by atoms with Gasteiger partial charge < -0.3 is 5.11 Å². The first kappa shape index (κ1) is 10.7. The second-order valence-electron chi connectivity index (χ2n) is 3.47. The molecule has 0 radical (unpaired) electrons. The van der Waals surface area contributed by atoms with E-state index in [9.17, 15) is 9.00 Å². The number of hydrogen-bond donors (Lipinski definition) is 1. The predicted molar refractivity (Wildman–Crippen MR) is 50.6 cm³/mol. The van der Waals surface area contributed by atoms with E-state index in [2.05, 4.69) is 0 Å². The van der Waals surface area contributed by atoms with Gasteiger partial charge in [0.1, 0.15) is 0 Å². The molecule has 4 nitrogen and oxygen atoms in total. The van der Waals surface area contributed by atoms with Crippen molar-refractivity contribution in [2.45, 2.75) is 25.8 Å². The molecule has 0 aromatic carbocycles. The summed E-state index contributed by atoms with van der Waals surface area (Å²) in [5, 5.41) is 8.79. The van der Waals surface area contributed by atoms with Crippen LogP contribution in [0.1, 0.15) is 19.8 Å². The van der Waals surface area contributed by atoms with E-state index in [1.54, 1.807) is 6.26 Å². The Morgan fingerprint density at radius 2 is 2.23 bits per heavy atom. The molecule has 3 atom stereocenters. The van der Waals surface area contributed by atoms with Crippen molar-refractivity contribution >= 4 is 17.0 Å². The third-order valence-corrected chi connectivity index (χ3v) is 3.70. The lowest BCUT2D eigenvalue weighted by atomic mass is 9.93. The number of carbonyl (C=O) groups is 1. The van der Waals surface area contributed by atoms with E-state index < -0.39 is 17.0 Å². The minimum Gasteiger partial charge on any atom is -0.481 e. The van der Waals surface area contributed by atoms with Crippen LogP contribution in [0.3, 0.4) is 0 Å². The van der Waals surface area contributed by atoms with Crippen LogP contribution in [-0.2, 0) is 15.8 Å². The molecular formula is C8H15NO3S. The summed E-state index contributed by atoms with van der Waals surface area (Å²) in [4.78, 5) is 10.7. The summed E-state index contributed by atoms with van der Waals surface area (Å²) in [7, 11) is -0.970. The van der Waals surface area contributed by atoms with Crippen molar-refractivity contribution in [2.75, 3.05) is 12.8 Å². The summed E-state index contributed by atoms with van der Waals surface area (Å²) in [5.74, 6) is -0.983. The Morgan fingerprint density at radius 3 is 2.62 bits per heavy atom. The lowest BCUT2D eigenvalue weighted by Crippen LogP contribution is -2.43. The van der Waals surface area contributed by atoms with E-state index in [1.165, 1.54) is 0 Å². The van der Waals surface area contributed by atoms with Crippen molar-refractivity contribution in [3.05, 3.63) is 0 Å². The van der Waals surface area contributed by atoms with Crippen LogP contribution in [-0.4, -0.2) is 38.4 Å². The summed E-state index contributed by atoms with van der Waals surface area (Å²) in [6, 6.07) is 0.112. The fourth-order valence-corrected chi connectivity index (χ4v) is 2.71. The van der Waals surface area contributed by atoms with Crippen LogP contribution < -0.4 is 0 Å². The molecule has 5 heteroatoms. The highest BCUT2D eigenvalue weighted by Crippen LogP contribution is 2.23. The smallest absolute Gasteiger partial charge is 0.306 e. The van der Waals surface area contributed by atoms with Crippen molar-refractivity contribution in [1.82, 2.24) is 4.31 Å². The number of aliphatic carboxylic acids is 1. The Labute approximate surface area is 80.5 Å². The number of rotatable bonds is 2. The fourth-order valence-electron chi connectivity index (χ4n) is 1.76. The first-order valence-corrected chi connectivity index (χ1v) is 5.87. The Hall–Kier alpha value is -0.420. The van der Waals surface area contributed by atoms with Crippen LogP contribution in [0.5, 0.6) is 0 Å². The topological polar surface area (TPSA) is 57.6 Å². The van der Waals surface area contributed by atoms with Crippen molar-refractivity contribution in [1.29, 1.82) is 0 Å². The quantitative estimate of drug-likeness (QED) is 0.712. The Morgan fingerprint density at radius 1 is 1.62 bits per heavy atom. The van der Waals surface area contributed by atoms with E-state index >= 15 is 0 Å². The molecule has 76 valence electrons. The maximum absolute atomic E-state index is 11.2. The summed E-state index contributed by atoms with van der Waals surface area (Å²) >= 11 is 0. The van der Waals surface area contributed by atoms with Gasteiger partial charge in [0.2, 0.25) is 0 Å². The molecule has 3 unspecified atom stereocenters. The number of carboxylic acids is 1. The van der Waals surface area contributed by atoms with E-state index in [-0.39, 0.29) is 12.0 Å². The van der Waals surface area contributed by atoms with Crippen molar-refractivity contribution in [2.24, 2.45) is 5.92 Å². The summed E-state index contributed by atoms with van der Waals surface area (Å²) < 4.78 is 13.0. The SMILES string of the molecule is CC1CC(C(=O)O)CCN1S(C)=O. The molecular weight excluding hydrogens is 190 g/mol. The summed E-state index contributed by atoms with van der Waals surface area (Å²) in [6.07, 6.45) is 2.85. The number of carboxylic acid groups (broad SMARTS) is 1. The highest BCUT2D eigenvalue weighted by atomic mass is 32.2. The largest absolute Gasteiger partial charge is 0.481 e. The lowest BCUT2D eigenvalue weighted by Gasteiger charge is -2.33. The van der Waals surface area contributed by atoms with Crippen LogP contribution in [0.15, 0.2) is 0 Å². The van der Waals surface area contributed by atoms with Crippen molar-refractivity contribution in [3.8, 4) is 0 Å². The highest BCUT2D eigenvalue weighted by Gasteiger charge is 2.30. The average Bonchev–Trinajstić information content (AvgIpc) is 2.03. The van der Waals surface area contributed by atoms with Gasteiger partial charge in [-0.25, -0.2) is 8.51 Å². The molecule has 0 bridgehead atoms. The van der Waals surface area contributed by atoms with Gasteiger partial charge in [-0.2, -0.15) is 0 Å². The van der Waals surface area contributed by atoms with Crippen LogP contribution in [0.4, 0.5) is 0 Å². The molecule has 13 heavy (non-hydrogen) atoms. The highest BCUT2D eigenvalue weighted by molar-refractivity contribution is 7.81. The second-order valence-corrected chi connectivity index (χ2v) is 4.79. The predicted octanol–water partition coefficient (Wildman–Crippen LogP) is 0.465. The Balaban J connectivity index is 2.56. The van der Waals surface area contributed by atoms with Crippen LogP contribution in [0.25, 0.3) is 0 Å². The van der Waals surface area contributed by atoms with E-state index in [0.717, 1.165) is 0 Å². The van der Waals surface area contributed by atoms with Gasteiger partial charge in [0, 0.05) is 18.8 Å². The average molecular weight is 205 g/mol. The number of nitrogens with zero attached hydrogens (tertiary/aromatic N) is 1. The van der Waals surface area contributed by atoms with Gasteiger partial charge in [-0.3, -0.25) is 4.79 Å². The summed E-state index contributed by atoms with van der Waals surface area (Å²) in [5.41, 5.74) is 0. The fraction of sp³-hybridized carbons (Fsp3) is 0.875. The third kappa shape index (κ3) is 2.51. The van der Waals surface area contributed by atoms with Gasteiger partial charge in [0.15, 0.2) is 0 Å². The Kier molecular flexibility index (Phi) is 3.44. The van der Waals surface area contributed by atoms with E-state index in [0.29, 0.717) is 19.4 Å². The molecule has 1 heterocycles. The monoisotopic (exact) mass is 205 g/mol. The molecule has 0 spiro atoms. The molecule has 1 saturated heterocycles. The van der Waals surface area contributed by atoms with Gasteiger partial charge in [-0.15, -0.1) is 0 Å². The zero-order chi connectivity index (χ0) is 10.0. The molecule has 0 aromatic heterocycles. The molecule has 1 rings (SSSR count). The first-order chi connectivity index (χ1) is 6.02. The molecule has 1 N–H and O–H groups in total. The maximum Gasteiger partial charge on any atom is 0.306 e. The van der Waals surface area contributed by atoms with E-state index in [4.69, 9.17) is 5.11 Å². The standard InChI is InChI=1S/C8H15NO3S/c1-6-5-7(8(10)11)3-4-9(6)13(2)12/h6-7H,3-5H2,1-2H3,(H,10,11). The van der Waals surface area contributed by atoms with Crippen LogP contribution in [0.2, 0.25) is 0 Å². The van der Waals surface area contributed by atoms with Crippen LogP contribution in [0, 0.1) is 5.92 Å². The van der Waals surface area contributed by atoms with Gasteiger partial charge in [0.05, 0.1) is 16.9 Å². The molecule has 0 amide bonds. The molecule has 0 aliphatic carbocycles. The van der Waals surface area contributed by atoms with Gasteiger partial charge in [-0.1, -0.05) is 0 Å². The zero-order valence-corrected chi connectivity index (χ0v) is 8.71. The molecule has 1 aliphatic heterocycles. The van der Waals surface area contributed by atoms with Crippen LogP contribution >= 0.6 is 0 Å². The lowest BCUT2D eigenvalue weighted by molar-refractivity contribution is -0.143. The van der Waals surface area contributed by atoms with Gasteiger partial charge in [-0.05, 0) is 19.8 Å². The van der Waals surface area contributed by atoms with E-state index in [1.807, 2.05) is 11.2 Å². The minimum absolute atomic E-state index is 0.112. The number of hydrogen-bond acceptors (Lipinski definition) is 2. The van der Waals surface area contributed by atoms with Gasteiger partial charge >= 0.3 is 5.97 Å². The zero-order valence-electron chi connectivity index (χ0n) is 7.90. The molecule has 1 aliphatic rings. The third-order valence-electron chi connectivity index (χ3n) is 2.49.